The van der Waals surface area contributed by atoms with E-state index < -0.39 is 0 Å². The van der Waals surface area contributed by atoms with Gasteiger partial charge in [-0.25, -0.2) is 0 Å². The van der Waals surface area contributed by atoms with Crippen LogP contribution in [0.25, 0.3) is 10.9 Å². The highest BCUT2D eigenvalue weighted by atomic mass is 16.1. The Balaban J connectivity index is 2.36. The number of hydrogen-bond donors (Lipinski definition) is 1. The minimum absolute atomic E-state index is 0.171. The fraction of sp³-hybridized carbons (Fsp3) is 0.455. The van der Waals surface area contributed by atoms with E-state index in [0.29, 0.717) is 5.56 Å². The van der Waals surface area contributed by atoms with Gasteiger partial charge in [0, 0.05) is 10.9 Å². The predicted octanol–water partition coefficient (Wildman–Crippen LogP) is 5.58. The van der Waals surface area contributed by atoms with E-state index in [4.69, 9.17) is 0 Å². The maximum atomic E-state index is 12.7. The van der Waals surface area contributed by atoms with Crippen molar-refractivity contribution in [1.82, 2.24) is 4.98 Å². The smallest absolute Gasteiger partial charge is 0.259 e. The monoisotopic (exact) mass is 339 g/mol. The van der Waals surface area contributed by atoms with Gasteiger partial charge in [0.25, 0.3) is 5.56 Å². The predicted molar refractivity (Wildman–Crippen MR) is 105 cm³/mol. The molecule has 0 amide bonds. The Morgan fingerprint density at radius 2 is 1.76 bits per heavy atom. The summed E-state index contributed by atoms with van der Waals surface area (Å²) in [4.78, 5) is 28.1. The van der Waals surface area contributed by atoms with E-state index in [1.807, 2.05) is 30.3 Å². The summed E-state index contributed by atoms with van der Waals surface area (Å²) in [6.07, 6.45) is 11.7. The first-order valence-electron chi connectivity index (χ1n) is 9.53. The standard InChI is InChI=1S/C22H29NO2/c1-3-5-7-8-10-16-20(24)21-18(14-9-6-4-2)17-13-11-12-15-19(17)23-22(21)25/h10-13,15-16H,3-9,14H2,1-2H3,(H,23,25)/b16-10+. The van der Waals surface area contributed by atoms with Crippen molar-refractivity contribution < 1.29 is 4.79 Å². The van der Waals surface area contributed by atoms with Gasteiger partial charge in [-0.05, 0) is 43.4 Å². The topological polar surface area (TPSA) is 49.9 Å². The molecule has 1 aromatic heterocycles. The highest BCUT2D eigenvalue weighted by Crippen LogP contribution is 2.21. The van der Waals surface area contributed by atoms with Gasteiger partial charge in [0.2, 0.25) is 0 Å². The Bertz CT molecular complexity index is 786. The average molecular weight is 339 g/mol. The molecule has 0 spiro atoms. The maximum Gasteiger partial charge on any atom is 0.259 e. The van der Waals surface area contributed by atoms with Crippen molar-refractivity contribution in [3.8, 4) is 0 Å². The summed E-state index contributed by atoms with van der Waals surface area (Å²) < 4.78 is 0. The van der Waals surface area contributed by atoms with Crippen molar-refractivity contribution in [2.45, 2.75) is 65.2 Å². The number of aromatic nitrogens is 1. The number of para-hydroxylation sites is 1. The molecule has 0 aliphatic carbocycles. The molecule has 1 aromatic carbocycles. The largest absolute Gasteiger partial charge is 0.321 e. The van der Waals surface area contributed by atoms with E-state index >= 15 is 0 Å². The van der Waals surface area contributed by atoms with Crippen LogP contribution in [0.15, 0.2) is 41.2 Å². The van der Waals surface area contributed by atoms with Crippen molar-refractivity contribution in [3.63, 3.8) is 0 Å². The summed E-state index contributed by atoms with van der Waals surface area (Å²) >= 11 is 0. The molecule has 3 nitrogen and oxygen atoms in total. The molecule has 0 bridgehead atoms. The first kappa shape index (κ1) is 19.2. The third-order valence-electron chi connectivity index (χ3n) is 4.55. The molecule has 0 aliphatic heterocycles. The number of H-pyrrole nitrogens is 1. The van der Waals surface area contributed by atoms with Gasteiger partial charge in [0.05, 0.1) is 5.56 Å². The van der Waals surface area contributed by atoms with E-state index in [-0.39, 0.29) is 11.3 Å². The highest BCUT2D eigenvalue weighted by molar-refractivity contribution is 6.07. The van der Waals surface area contributed by atoms with Crippen LogP contribution in [0.4, 0.5) is 0 Å². The summed E-state index contributed by atoms with van der Waals surface area (Å²) in [5.74, 6) is -0.171. The third kappa shape index (κ3) is 5.15. The van der Waals surface area contributed by atoms with Gasteiger partial charge < -0.3 is 4.98 Å². The molecule has 25 heavy (non-hydrogen) atoms. The van der Waals surface area contributed by atoms with Crippen LogP contribution in [0, 0.1) is 0 Å². The van der Waals surface area contributed by atoms with Crippen molar-refractivity contribution in [3.05, 3.63) is 57.9 Å². The summed E-state index contributed by atoms with van der Waals surface area (Å²) in [5.41, 5.74) is 1.76. The Hall–Kier alpha value is -2.16. The molecule has 3 heteroatoms. The van der Waals surface area contributed by atoms with Crippen LogP contribution in [0.3, 0.4) is 0 Å². The molecule has 0 saturated heterocycles. The lowest BCUT2D eigenvalue weighted by atomic mass is 9.95. The van der Waals surface area contributed by atoms with Gasteiger partial charge in [0.1, 0.15) is 0 Å². The molecule has 0 saturated carbocycles. The van der Waals surface area contributed by atoms with E-state index in [1.165, 1.54) is 0 Å². The number of carbonyl (C=O) groups is 1. The van der Waals surface area contributed by atoms with Crippen molar-refractivity contribution in [2.24, 2.45) is 0 Å². The Kier molecular flexibility index (Phi) is 7.65. The quantitative estimate of drug-likeness (QED) is 0.349. The number of fused-ring (bicyclic) bond motifs is 1. The number of allylic oxidation sites excluding steroid dienone is 2. The number of unbranched alkanes of at least 4 members (excludes halogenated alkanes) is 5. The van der Waals surface area contributed by atoms with Crippen LogP contribution < -0.4 is 5.56 Å². The number of aryl methyl sites for hydroxylation is 1. The molecule has 0 unspecified atom stereocenters. The number of ketones is 1. The summed E-state index contributed by atoms with van der Waals surface area (Å²) in [7, 11) is 0. The van der Waals surface area contributed by atoms with Crippen LogP contribution in [-0.2, 0) is 6.42 Å². The van der Waals surface area contributed by atoms with Crippen LogP contribution in [0.2, 0.25) is 0 Å². The lowest BCUT2D eigenvalue weighted by Gasteiger charge is -2.10. The minimum atomic E-state index is -0.270. The normalized spacial score (nSPS) is 11.4. The fourth-order valence-corrected chi connectivity index (χ4v) is 3.17. The SMILES string of the molecule is CCCCC/C=C/C(=O)c1c(CCCCC)c2ccccc2[nH]c1=O. The zero-order chi connectivity index (χ0) is 18.1. The summed E-state index contributed by atoms with van der Waals surface area (Å²) in [6, 6.07) is 7.76. The molecule has 0 atom stereocenters. The summed E-state index contributed by atoms with van der Waals surface area (Å²) in [6.45, 7) is 4.31. The lowest BCUT2D eigenvalue weighted by Crippen LogP contribution is -2.20. The lowest BCUT2D eigenvalue weighted by molar-refractivity contribution is 0.104. The number of benzene rings is 1. The van der Waals surface area contributed by atoms with Gasteiger partial charge >= 0.3 is 0 Å². The Labute approximate surface area is 150 Å². The zero-order valence-electron chi connectivity index (χ0n) is 15.4. The van der Waals surface area contributed by atoms with Crippen molar-refractivity contribution in [2.75, 3.05) is 0 Å². The minimum Gasteiger partial charge on any atom is -0.321 e. The Morgan fingerprint density at radius 3 is 2.52 bits per heavy atom. The average Bonchev–Trinajstić information content (AvgIpc) is 2.61. The number of rotatable bonds is 10. The molecule has 1 heterocycles. The molecule has 2 rings (SSSR count). The first-order chi connectivity index (χ1) is 12.2. The first-order valence-corrected chi connectivity index (χ1v) is 9.53. The number of aromatic amines is 1. The van der Waals surface area contributed by atoms with Crippen molar-refractivity contribution >= 4 is 16.7 Å². The molecule has 1 N–H and O–H groups in total. The molecule has 0 radical (unpaired) electrons. The second kappa shape index (κ2) is 9.97. The molecule has 0 aliphatic rings. The molecule has 134 valence electrons. The summed E-state index contributed by atoms with van der Waals surface area (Å²) in [5, 5.41) is 0.987. The van der Waals surface area contributed by atoms with E-state index in [9.17, 15) is 9.59 Å². The molecular weight excluding hydrogens is 310 g/mol. The molecule has 0 fully saturated rings. The number of carbonyl (C=O) groups excluding carboxylic acids is 1. The van der Waals surface area contributed by atoms with Gasteiger partial charge in [-0.1, -0.05) is 63.8 Å². The van der Waals surface area contributed by atoms with E-state index in [0.717, 1.165) is 67.8 Å². The van der Waals surface area contributed by atoms with Crippen LogP contribution >= 0.6 is 0 Å². The van der Waals surface area contributed by atoms with Crippen LogP contribution in [0.5, 0.6) is 0 Å². The molecular formula is C22H29NO2. The number of nitrogens with one attached hydrogen (secondary N) is 1. The number of hydrogen-bond acceptors (Lipinski definition) is 2. The van der Waals surface area contributed by atoms with Crippen LogP contribution in [-0.4, -0.2) is 10.8 Å². The van der Waals surface area contributed by atoms with Gasteiger partial charge in [-0.3, -0.25) is 9.59 Å². The van der Waals surface area contributed by atoms with E-state index in [1.54, 1.807) is 6.08 Å². The number of pyridine rings is 1. The van der Waals surface area contributed by atoms with E-state index in [2.05, 4.69) is 18.8 Å². The second-order valence-electron chi connectivity index (χ2n) is 6.57. The van der Waals surface area contributed by atoms with Crippen molar-refractivity contribution in [1.29, 1.82) is 0 Å². The van der Waals surface area contributed by atoms with Crippen LogP contribution in [0.1, 0.15) is 74.7 Å². The fourth-order valence-electron chi connectivity index (χ4n) is 3.17. The maximum absolute atomic E-state index is 12.7. The highest BCUT2D eigenvalue weighted by Gasteiger charge is 2.17. The second-order valence-corrected chi connectivity index (χ2v) is 6.57. The van der Waals surface area contributed by atoms with Gasteiger partial charge in [0.15, 0.2) is 5.78 Å². The van der Waals surface area contributed by atoms with Gasteiger partial charge in [-0.2, -0.15) is 0 Å². The Morgan fingerprint density at radius 1 is 1.04 bits per heavy atom. The third-order valence-corrected chi connectivity index (χ3v) is 4.55. The molecule has 2 aromatic rings. The zero-order valence-corrected chi connectivity index (χ0v) is 15.4. The van der Waals surface area contributed by atoms with Gasteiger partial charge in [-0.15, -0.1) is 0 Å².